The van der Waals surface area contributed by atoms with Gasteiger partial charge in [-0.1, -0.05) is 37.6 Å². The van der Waals surface area contributed by atoms with Crippen LogP contribution in [0.15, 0.2) is 24.3 Å². The normalized spacial score (nSPS) is 20.8. The number of rotatable bonds is 4. The van der Waals surface area contributed by atoms with Gasteiger partial charge in [0.05, 0.1) is 12.1 Å². The van der Waals surface area contributed by atoms with Gasteiger partial charge < -0.3 is 10.0 Å². The molecule has 0 aliphatic carbocycles. The zero-order chi connectivity index (χ0) is 14.9. The fourth-order valence-corrected chi connectivity index (χ4v) is 3.52. The summed E-state index contributed by atoms with van der Waals surface area (Å²) in [6.45, 7) is 5.32. The Morgan fingerprint density at radius 2 is 2.00 bits per heavy atom. The number of nitrogens with zero attached hydrogens (tertiary/aromatic N) is 2. The van der Waals surface area contributed by atoms with Crippen molar-refractivity contribution in [2.45, 2.75) is 38.3 Å². The maximum atomic E-state index is 12.4. The molecule has 0 unspecified atom stereocenters. The molecule has 0 saturated carbocycles. The van der Waals surface area contributed by atoms with Crippen LogP contribution in [0.5, 0.6) is 0 Å². The van der Waals surface area contributed by atoms with Crippen molar-refractivity contribution in [1.29, 1.82) is 0 Å². The van der Waals surface area contributed by atoms with Crippen LogP contribution in [0, 0.1) is 0 Å². The molecule has 2 aliphatic rings. The number of aliphatic hydroxyl groups is 1. The van der Waals surface area contributed by atoms with Crippen molar-refractivity contribution in [2.75, 3.05) is 26.2 Å². The number of fused-ring (bicyclic) bond motifs is 1. The third-order valence-electron chi connectivity index (χ3n) is 4.59. The molecule has 114 valence electrons. The molecule has 1 fully saturated rings. The van der Waals surface area contributed by atoms with Crippen LogP contribution in [0.1, 0.15) is 30.9 Å². The fourth-order valence-electron chi connectivity index (χ4n) is 3.52. The van der Waals surface area contributed by atoms with Crippen molar-refractivity contribution in [3.05, 3.63) is 35.4 Å². The molecule has 0 radical (unpaired) electrons. The molecule has 21 heavy (non-hydrogen) atoms. The maximum Gasteiger partial charge on any atom is 0.237 e. The van der Waals surface area contributed by atoms with Crippen LogP contribution in [0.4, 0.5) is 0 Å². The van der Waals surface area contributed by atoms with Crippen molar-refractivity contribution in [2.24, 2.45) is 0 Å². The summed E-state index contributed by atoms with van der Waals surface area (Å²) in [4.78, 5) is 16.4. The summed E-state index contributed by atoms with van der Waals surface area (Å²) in [6.07, 6.45) is 2.76. The summed E-state index contributed by atoms with van der Waals surface area (Å²) in [5.74, 6) is 0.183. The van der Waals surface area contributed by atoms with Crippen molar-refractivity contribution >= 4 is 5.91 Å². The lowest BCUT2D eigenvalue weighted by molar-refractivity contribution is -0.143. The van der Waals surface area contributed by atoms with Gasteiger partial charge in [-0.05, 0) is 24.0 Å². The van der Waals surface area contributed by atoms with Crippen molar-refractivity contribution < 1.29 is 9.90 Å². The Kier molecular flexibility index (Phi) is 4.00. The van der Waals surface area contributed by atoms with Crippen LogP contribution < -0.4 is 0 Å². The molecule has 1 aromatic rings. The minimum Gasteiger partial charge on any atom is -0.387 e. The number of hydrogen-bond donors (Lipinski definition) is 1. The van der Waals surface area contributed by atoms with Crippen molar-refractivity contribution in [3.8, 4) is 0 Å². The van der Waals surface area contributed by atoms with Crippen LogP contribution >= 0.6 is 0 Å². The highest BCUT2D eigenvalue weighted by Crippen LogP contribution is 2.26. The lowest BCUT2D eigenvalue weighted by atomic mass is 9.89. The predicted octanol–water partition coefficient (Wildman–Crippen LogP) is 1.42. The average molecular weight is 288 g/mol. The highest BCUT2D eigenvalue weighted by Gasteiger charge is 2.41. The van der Waals surface area contributed by atoms with E-state index in [0.717, 1.165) is 32.4 Å². The van der Waals surface area contributed by atoms with Gasteiger partial charge >= 0.3 is 0 Å². The zero-order valence-corrected chi connectivity index (χ0v) is 12.7. The van der Waals surface area contributed by atoms with Gasteiger partial charge in [-0.15, -0.1) is 0 Å². The predicted molar refractivity (Wildman–Crippen MR) is 81.9 cm³/mol. The molecule has 4 nitrogen and oxygen atoms in total. The van der Waals surface area contributed by atoms with E-state index in [1.165, 1.54) is 11.1 Å². The zero-order valence-electron chi connectivity index (χ0n) is 12.7. The van der Waals surface area contributed by atoms with E-state index in [1.54, 1.807) is 0 Å². The highest BCUT2D eigenvalue weighted by molar-refractivity contribution is 5.78. The Hall–Kier alpha value is -1.39. The summed E-state index contributed by atoms with van der Waals surface area (Å²) in [6, 6.07) is 8.36. The van der Waals surface area contributed by atoms with E-state index in [4.69, 9.17) is 0 Å². The number of β-amino-alcohol motifs (C(OH)–C–C–N with tert-alkyl or cyclic N) is 1. The lowest BCUT2D eigenvalue weighted by Gasteiger charge is -2.46. The first-order chi connectivity index (χ1) is 10.1. The minimum atomic E-state index is -0.552. The molecule has 4 heteroatoms. The van der Waals surface area contributed by atoms with Gasteiger partial charge in [0, 0.05) is 26.2 Å². The third kappa shape index (κ3) is 3.11. The molecule has 2 heterocycles. The smallest absolute Gasteiger partial charge is 0.237 e. The standard InChI is InChI=1S/C17H24N2O2/c1-2-8-17(21)12-18(13-17)11-16(20)19-9-7-14-5-3-4-6-15(14)10-19/h3-6,21H,2,7-13H2,1H3. The summed E-state index contributed by atoms with van der Waals surface area (Å²) in [5, 5.41) is 10.2. The second-order valence-corrected chi connectivity index (χ2v) is 6.45. The van der Waals surface area contributed by atoms with Gasteiger partial charge in [0.25, 0.3) is 0 Å². The van der Waals surface area contributed by atoms with Gasteiger partial charge in [-0.2, -0.15) is 0 Å². The van der Waals surface area contributed by atoms with Crippen LogP contribution in [0.25, 0.3) is 0 Å². The quantitative estimate of drug-likeness (QED) is 0.911. The van der Waals surface area contributed by atoms with Crippen LogP contribution in [0.3, 0.4) is 0 Å². The summed E-state index contributed by atoms with van der Waals surface area (Å²) in [7, 11) is 0. The first-order valence-corrected chi connectivity index (χ1v) is 7.89. The fraction of sp³-hybridized carbons (Fsp3) is 0.588. The summed E-state index contributed by atoms with van der Waals surface area (Å²) >= 11 is 0. The second kappa shape index (κ2) is 5.78. The van der Waals surface area contributed by atoms with Crippen molar-refractivity contribution in [3.63, 3.8) is 0 Å². The Morgan fingerprint density at radius 3 is 2.71 bits per heavy atom. The van der Waals surface area contributed by atoms with E-state index in [0.29, 0.717) is 19.6 Å². The first kappa shape index (κ1) is 14.5. The largest absolute Gasteiger partial charge is 0.387 e. The molecule has 0 spiro atoms. The number of carbonyl (C=O) groups excluding carboxylic acids is 1. The molecular weight excluding hydrogens is 264 g/mol. The summed E-state index contributed by atoms with van der Waals surface area (Å²) < 4.78 is 0. The van der Waals surface area contributed by atoms with Crippen molar-refractivity contribution in [1.82, 2.24) is 9.80 Å². The van der Waals surface area contributed by atoms with Gasteiger partial charge in [0.2, 0.25) is 5.91 Å². The highest BCUT2D eigenvalue weighted by atomic mass is 16.3. The molecule has 0 atom stereocenters. The molecule has 2 aliphatic heterocycles. The van der Waals surface area contributed by atoms with Gasteiger partial charge in [0.1, 0.15) is 0 Å². The van der Waals surface area contributed by atoms with E-state index in [9.17, 15) is 9.90 Å². The number of benzene rings is 1. The topological polar surface area (TPSA) is 43.8 Å². The molecule has 1 amide bonds. The number of carbonyl (C=O) groups is 1. The average Bonchev–Trinajstić information content (AvgIpc) is 2.45. The van der Waals surface area contributed by atoms with Crippen LogP contribution in [0.2, 0.25) is 0 Å². The maximum absolute atomic E-state index is 12.4. The van der Waals surface area contributed by atoms with E-state index in [1.807, 2.05) is 11.0 Å². The third-order valence-corrected chi connectivity index (χ3v) is 4.59. The molecule has 3 rings (SSSR count). The Morgan fingerprint density at radius 1 is 1.29 bits per heavy atom. The van der Waals surface area contributed by atoms with Gasteiger partial charge in [0.15, 0.2) is 0 Å². The molecular formula is C17H24N2O2. The van der Waals surface area contributed by atoms with Gasteiger partial charge in [-0.3, -0.25) is 9.69 Å². The van der Waals surface area contributed by atoms with E-state index in [2.05, 4.69) is 30.0 Å². The molecule has 1 N–H and O–H groups in total. The van der Waals surface area contributed by atoms with Gasteiger partial charge in [-0.25, -0.2) is 0 Å². The SMILES string of the molecule is CCCC1(O)CN(CC(=O)N2CCc3ccccc3C2)C1. The molecule has 1 saturated heterocycles. The second-order valence-electron chi connectivity index (χ2n) is 6.45. The van der Waals surface area contributed by atoms with Crippen LogP contribution in [-0.2, 0) is 17.8 Å². The molecule has 1 aromatic carbocycles. The summed E-state index contributed by atoms with van der Waals surface area (Å²) in [5.41, 5.74) is 2.08. The minimum absolute atomic E-state index is 0.183. The Bertz CT molecular complexity index is 523. The monoisotopic (exact) mass is 288 g/mol. The molecule has 0 bridgehead atoms. The Labute approximate surface area is 126 Å². The number of amides is 1. The van der Waals surface area contributed by atoms with E-state index in [-0.39, 0.29) is 5.91 Å². The lowest BCUT2D eigenvalue weighted by Crippen LogP contribution is -2.63. The number of hydrogen-bond acceptors (Lipinski definition) is 3. The Balaban J connectivity index is 1.52. The van der Waals surface area contributed by atoms with Crippen LogP contribution in [-0.4, -0.2) is 52.6 Å². The van der Waals surface area contributed by atoms with E-state index >= 15 is 0 Å². The first-order valence-electron chi connectivity index (χ1n) is 7.89. The molecule has 0 aromatic heterocycles. The number of likely N-dealkylation sites (tertiary alicyclic amines) is 1. The van der Waals surface area contributed by atoms with E-state index < -0.39 is 5.60 Å².